The molecule has 33 heavy (non-hydrogen) atoms. The maximum Gasteiger partial charge on any atom is 0.843 e. The normalized spacial score (nSPS) is 14.9. The third-order valence-electron chi connectivity index (χ3n) is 3.12. The van der Waals surface area contributed by atoms with Crippen LogP contribution in [0.3, 0.4) is 0 Å². The van der Waals surface area contributed by atoms with E-state index >= 15 is 0 Å². The summed E-state index contributed by atoms with van der Waals surface area (Å²) in [6, 6.07) is 0. The van der Waals surface area contributed by atoms with Crippen LogP contribution in [0.25, 0.3) is 0 Å². The van der Waals surface area contributed by atoms with Crippen molar-refractivity contribution in [1.29, 1.82) is 0 Å². The standard InChI is InChI=1S/2C6H15O4Si.2C3H9OSi.Al/c2*1-5(2)9-11(7,8)10-6(3)4;2*1-5(2,3)4;/h2*5-7H,1-4H3;2*1-3H3;/q4*-1;+3. The molecule has 0 amide bonds. The maximum absolute atomic E-state index is 11.4. The summed E-state index contributed by atoms with van der Waals surface area (Å²) in [6.45, 7) is 25.6. The lowest BCUT2D eigenvalue weighted by Gasteiger charge is -2.50. The highest BCUT2D eigenvalue weighted by Gasteiger charge is 2.64. The van der Waals surface area contributed by atoms with Crippen molar-refractivity contribution >= 4 is 49.1 Å². The minimum atomic E-state index is -4.76. The Morgan fingerprint density at radius 2 is 0.667 bits per heavy atom. The molecular weight excluding hydrogens is 516 g/mol. The molecule has 0 aliphatic rings. The van der Waals surface area contributed by atoms with Gasteiger partial charge in [-0.1, -0.05) is 0 Å². The van der Waals surface area contributed by atoms with Crippen LogP contribution in [0.4, 0.5) is 0 Å². The zero-order valence-electron chi connectivity index (χ0n) is 23.0. The molecule has 0 aromatic rings. The molecule has 0 unspecified atom stereocenters. The van der Waals surface area contributed by atoms with Crippen molar-refractivity contribution in [1.82, 2.24) is 0 Å². The second-order valence-corrected chi connectivity index (χ2v) is 27.4. The quantitative estimate of drug-likeness (QED) is 0.269. The largest absolute Gasteiger partial charge is 0.843 e. The fourth-order valence-corrected chi connectivity index (χ4v) is 19.7. The zero-order chi connectivity index (χ0) is 26.5. The van der Waals surface area contributed by atoms with Gasteiger partial charge in [0.1, 0.15) is 16.6 Å². The highest BCUT2D eigenvalue weighted by Crippen LogP contribution is 2.31. The number of hydrogen-bond acceptors (Lipinski definition) is 10. The first-order valence-electron chi connectivity index (χ1n) is 11.6. The smallest absolute Gasteiger partial charge is 0.633 e. The molecule has 0 saturated heterocycles. The van der Waals surface area contributed by atoms with Gasteiger partial charge >= 0.3 is 32.5 Å². The maximum atomic E-state index is 11.4. The molecule has 0 aromatic heterocycles. The van der Waals surface area contributed by atoms with Gasteiger partial charge < -0.3 is 41.2 Å². The fraction of sp³-hybridized carbons (Fsp3) is 1.00. The SMILES string of the molecule is CC(C)O[Si](O)(OC(C)C)[O][Al-]([O][Si](C)(C)C)([O][Si](C)(C)C)[O][Si](O)(OC(C)C)OC(C)C. The van der Waals surface area contributed by atoms with Crippen molar-refractivity contribution < 1.29 is 41.2 Å². The summed E-state index contributed by atoms with van der Waals surface area (Å²) in [4.78, 5) is 22.8. The van der Waals surface area contributed by atoms with E-state index in [0.29, 0.717) is 0 Å². The molecule has 0 radical (unpaired) electrons. The van der Waals surface area contributed by atoms with E-state index in [1.807, 2.05) is 39.3 Å². The lowest BCUT2D eigenvalue weighted by atomic mass is 10.5. The highest BCUT2D eigenvalue weighted by atomic mass is 28.4. The van der Waals surface area contributed by atoms with Gasteiger partial charge in [-0.05, 0) is 94.7 Å². The van der Waals surface area contributed by atoms with E-state index in [4.69, 9.17) is 31.6 Å². The summed E-state index contributed by atoms with van der Waals surface area (Å²) in [5.74, 6) is 0. The average Bonchev–Trinajstić information content (AvgIpc) is 2.36. The van der Waals surface area contributed by atoms with Gasteiger partial charge in [0.15, 0.2) is 0 Å². The summed E-state index contributed by atoms with van der Waals surface area (Å²) in [6.07, 6.45) is -1.65. The van der Waals surface area contributed by atoms with Crippen LogP contribution in [0, 0.1) is 0 Å². The van der Waals surface area contributed by atoms with E-state index in [1.165, 1.54) is 0 Å². The van der Waals surface area contributed by atoms with Crippen molar-refractivity contribution in [2.45, 2.75) is 119 Å². The van der Waals surface area contributed by atoms with Crippen LogP contribution in [-0.4, -0.2) is 83.2 Å². The Hall–Kier alpha value is 1.000. The van der Waals surface area contributed by atoms with Gasteiger partial charge in [0, 0.05) is 24.4 Å². The molecule has 0 rings (SSSR count). The molecule has 2 N–H and O–H groups in total. The van der Waals surface area contributed by atoms with Crippen LogP contribution >= 0.6 is 0 Å². The van der Waals surface area contributed by atoms with Crippen LogP contribution in [0.2, 0.25) is 39.3 Å². The van der Waals surface area contributed by atoms with Gasteiger partial charge in [-0.3, -0.25) is 0 Å². The van der Waals surface area contributed by atoms with Crippen LogP contribution in [0.5, 0.6) is 0 Å². The van der Waals surface area contributed by atoms with Crippen LogP contribution in [0.1, 0.15) is 55.4 Å². The van der Waals surface area contributed by atoms with Crippen molar-refractivity contribution in [2.75, 3.05) is 0 Å². The van der Waals surface area contributed by atoms with E-state index in [1.54, 1.807) is 55.4 Å². The van der Waals surface area contributed by atoms with E-state index in [0.717, 1.165) is 0 Å². The van der Waals surface area contributed by atoms with E-state index in [9.17, 15) is 9.59 Å². The first-order chi connectivity index (χ1) is 14.5. The summed E-state index contributed by atoms with van der Waals surface area (Å²) in [5.41, 5.74) is 0. The summed E-state index contributed by atoms with van der Waals surface area (Å²) >= 11 is -4.76. The third kappa shape index (κ3) is 15.7. The first-order valence-corrected chi connectivity index (χ1v) is 23.6. The predicted molar refractivity (Wildman–Crippen MR) is 138 cm³/mol. The van der Waals surface area contributed by atoms with Crippen LogP contribution < -0.4 is 0 Å². The van der Waals surface area contributed by atoms with Gasteiger partial charge in [0.2, 0.25) is 0 Å². The summed E-state index contributed by atoms with van der Waals surface area (Å²) in [7, 11) is -13.6. The van der Waals surface area contributed by atoms with Crippen LogP contribution in [-0.2, 0) is 31.6 Å². The second kappa shape index (κ2) is 13.0. The molecule has 0 bridgehead atoms. The van der Waals surface area contributed by atoms with E-state index in [-0.39, 0.29) is 0 Å². The summed E-state index contributed by atoms with van der Waals surface area (Å²) in [5, 5.41) is 0. The Morgan fingerprint density at radius 3 is 0.818 bits per heavy atom. The lowest BCUT2D eigenvalue weighted by molar-refractivity contribution is -0.0608. The van der Waals surface area contributed by atoms with Crippen molar-refractivity contribution in [3.05, 3.63) is 0 Å². The summed E-state index contributed by atoms with van der Waals surface area (Å²) < 4.78 is 48.2. The van der Waals surface area contributed by atoms with Crippen molar-refractivity contribution in [3.63, 3.8) is 0 Å². The molecule has 200 valence electrons. The first kappa shape index (κ1) is 34.0. The second-order valence-electron chi connectivity index (χ2n) is 11.0. The van der Waals surface area contributed by atoms with Gasteiger partial charge in [-0.2, -0.15) is 0 Å². The third-order valence-corrected chi connectivity index (χ3v) is 18.9. The van der Waals surface area contributed by atoms with Gasteiger partial charge in [-0.15, -0.1) is 0 Å². The van der Waals surface area contributed by atoms with Gasteiger partial charge in [0.05, 0.1) is 0 Å². The number of hydrogen-bond donors (Lipinski definition) is 2. The highest BCUT2D eigenvalue weighted by molar-refractivity contribution is 6.87. The van der Waals surface area contributed by atoms with Crippen LogP contribution in [0.15, 0.2) is 0 Å². The minimum Gasteiger partial charge on any atom is -0.633 e. The molecular formula is C18H48AlO10Si4-. The minimum absolute atomic E-state index is 0.411. The Bertz CT molecular complexity index is 512. The van der Waals surface area contributed by atoms with E-state index < -0.39 is 73.6 Å². The Balaban J connectivity index is 6.73. The van der Waals surface area contributed by atoms with E-state index in [2.05, 4.69) is 0 Å². The topological polar surface area (TPSA) is 114 Å². The molecule has 0 aliphatic carbocycles. The zero-order valence-corrected chi connectivity index (χ0v) is 28.2. The number of rotatable bonds is 16. The van der Waals surface area contributed by atoms with Gasteiger partial charge in [-0.25, -0.2) is 0 Å². The molecule has 0 spiro atoms. The lowest BCUT2D eigenvalue weighted by Crippen LogP contribution is -2.71. The molecule has 0 fully saturated rings. The Morgan fingerprint density at radius 1 is 0.455 bits per heavy atom. The molecule has 0 atom stereocenters. The molecule has 0 heterocycles. The average molecular weight is 564 g/mol. The molecule has 0 aliphatic heterocycles. The molecule has 10 nitrogen and oxygen atoms in total. The fourth-order valence-electron chi connectivity index (χ4n) is 2.73. The van der Waals surface area contributed by atoms with Crippen molar-refractivity contribution in [2.24, 2.45) is 0 Å². The molecule has 0 aromatic carbocycles. The molecule has 0 saturated carbocycles. The molecule has 15 heteroatoms. The predicted octanol–water partition coefficient (Wildman–Crippen LogP) is 3.71. The Labute approximate surface area is 209 Å². The van der Waals surface area contributed by atoms with Crippen molar-refractivity contribution in [3.8, 4) is 0 Å². The Kier molecular flexibility index (Phi) is 13.4. The monoisotopic (exact) mass is 563 g/mol. The van der Waals surface area contributed by atoms with Gasteiger partial charge in [0.25, 0.3) is 0 Å².